The highest BCUT2D eigenvalue weighted by Crippen LogP contribution is 2.33. The molecule has 0 saturated heterocycles. The van der Waals surface area contributed by atoms with Crippen molar-refractivity contribution >= 4 is 17.2 Å². The Hall–Kier alpha value is -2.11. The van der Waals surface area contributed by atoms with E-state index in [4.69, 9.17) is 0 Å². The Labute approximate surface area is 120 Å². The Morgan fingerprint density at radius 3 is 2.57 bits per heavy atom. The van der Waals surface area contributed by atoms with Gasteiger partial charge in [-0.3, -0.25) is 9.79 Å². The molecule has 0 atom stereocenters. The van der Waals surface area contributed by atoms with Crippen LogP contribution >= 0.6 is 0 Å². The Morgan fingerprint density at radius 1 is 1.33 bits per heavy atom. The number of aliphatic imine (C=N–C) groups is 1. The van der Waals surface area contributed by atoms with E-state index < -0.39 is 12.2 Å². The minimum Gasteiger partial charge on any atom is -0.354 e. The Kier molecular flexibility index (Phi) is 4.45. The van der Waals surface area contributed by atoms with Gasteiger partial charge in [0.2, 0.25) is 0 Å². The number of amides is 1. The van der Waals surface area contributed by atoms with Gasteiger partial charge in [-0.2, -0.15) is 0 Å². The van der Waals surface area contributed by atoms with Gasteiger partial charge >= 0.3 is 0 Å². The van der Waals surface area contributed by atoms with E-state index in [0.29, 0.717) is 24.1 Å². The van der Waals surface area contributed by atoms with Crippen LogP contribution in [0, 0.1) is 12.7 Å². The van der Waals surface area contributed by atoms with Crippen LogP contribution in [-0.2, 0) is 4.79 Å². The van der Waals surface area contributed by atoms with Crippen LogP contribution in [0.3, 0.4) is 0 Å². The van der Waals surface area contributed by atoms with E-state index in [1.54, 1.807) is 0 Å². The van der Waals surface area contributed by atoms with Crippen molar-refractivity contribution in [2.24, 2.45) is 4.99 Å². The third kappa shape index (κ3) is 3.15. The maximum Gasteiger partial charge on any atom is 0.265 e. The smallest absolute Gasteiger partial charge is 0.265 e. The summed E-state index contributed by atoms with van der Waals surface area (Å²) < 4.78 is 39.9. The second-order valence-corrected chi connectivity index (χ2v) is 4.80. The molecule has 0 radical (unpaired) electrons. The van der Waals surface area contributed by atoms with Gasteiger partial charge in [0.1, 0.15) is 11.5 Å². The molecule has 6 heteroatoms. The minimum atomic E-state index is -2.69. The van der Waals surface area contributed by atoms with E-state index >= 15 is 0 Å². The molecule has 0 aromatic heterocycles. The van der Waals surface area contributed by atoms with Crippen molar-refractivity contribution in [1.29, 1.82) is 0 Å². The molecule has 1 N–H and O–H groups in total. The van der Waals surface area contributed by atoms with Crippen molar-refractivity contribution in [3.05, 3.63) is 40.8 Å². The molecule has 0 spiro atoms. The zero-order valence-electron chi connectivity index (χ0n) is 11.7. The highest BCUT2D eigenvalue weighted by molar-refractivity contribution is 6.39. The van der Waals surface area contributed by atoms with Gasteiger partial charge in [0, 0.05) is 18.8 Å². The van der Waals surface area contributed by atoms with Crippen LogP contribution in [-0.4, -0.2) is 18.7 Å². The lowest BCUT2D eigenvalue weighted by Crippen LogP contribution is -2.28. The summed E-state index contributed by atoms with van der Waals surface area (Å²) in [7, 11) is 1.49. The summed E-state index contributed by atoms with van der Waals surface area (Å²) in [4.78, 5) is 15.4. The van der Waals surface area contributed by atoms with Crippen LogP contribution < -0.4 is 5.32 Å². The maximum absolute atomic E-state index is 13.7. The topological polar surface area (TPSA) is 41.5 Å². The fourth-order valence-corrected chi connectivity index (χ4v) is 2.22. The molecular weight excluding hydrogens is 281 g/mol. The summed E-state index contributed by atoms with van der Waals surface area (Å²) in [5, 5.41) is 2.46. The Balaban J connectivity index is 2.43. The van der Waals surface area contributed by atoms with Crippen molar-refractivity contribution < 1.29 is 18.0 Å². The van der Waals surface area contributed by atoms with Gasteiger partial charge in [-0.1, -0.05) is 0 Å². The van der Waals surface area contributed by atoms with Crippen LogP contribution in [0.1, 0.15) is 36.0 Å². The molecule has 0 saturated carbocycles. The van der Waals surface area contributed by atoms with E-state index in [2.05, 4.69) is 10.3 Å². The number of carbonyl (C=O) groups excluding carboxylic acids is 1. The molecule has 21 heavy (non-hydrogen) atoms. The van der Waals surface area contributed by atoms with Gasteiger partial charge in [-0.05, 0) is 48.6 Å². The van der Waals surface area contributed by atoms with Gasteiger partial charge in [-0.15, -0.1) is 0 Å². The zero-order valence-corrected chi connectivity index (χ0v) is 11.7. The lowest BCUT2D eigenvalue weighted by molar-refractivity contribution is -0.114. The molecule has 0 aliphatic carbocycles. The number of halogens is 3. The first-order valence-corrected chi connectivity index (χ1v) is 6.50. The second-order valence-electron chi connectivity index (χ2n) is 4.80. The van der Waals surface area contributed by atoms with E-state index in [1.165, 1.54) is 20.2 Å². The summed E-state index contributed by atoms with van der Waals surface area (Å²) in [6.07, 6.45) is -0.619. The molecule has 0 unspecified atom stereocenters. The average Bonchev–Trinajstić information content (AvgIpc) is 2.48. The molecule has 1 aromatic carbocycles. The highest BCUT2D eigenvalue weighted by atomic mass is 19.3. The summed E-state index contributed by atoms with van der Waals surface area (Å²) in [6.45, 7) is 1.45. The molecule has 1 aliphatic heterocycles. The lowest BCUT2D eigenvalue weighted by atomic mass is 9.93. The first-order valence-electron chi connectivity index (χ1n) is 6.50. The standard InChI is InChI=1S/C15H15F3N2O/c1-8-5-11(14(17)18)10(6-12(8)16)9-3-4-13(20-7-9)15(21)19-2/h5-7,14H,3-4H2,1-2H3,(H,19,21). The van der Waals surface area contributed by atoms with Crippen LogP contribution in [0.4, 0.5) is 13.2 Å². The second kappa shape index (κ2) is 6.11. The monoisotopic (exact) mass is 296 g/mol. The maximum atomic E-state index is 13.7. The fourth-order valence-electron chi connectivity index (χ4n) is 2.22. The average molecular weight is 296 g/mol. The van der Waals surface area contributed by atoms with Crippen LogP contribution in [0.25, 0.3) is 5.57 Å². The number of aryl methyl sites for hydroxylation is 1. The Morgan fingerprint density at radius 2 is 2.05 bits per heavy atom. The van der Waals surface area contributed by atoms with E-state index in [0.717, 1.165) is 12.1 Å². The molecule has 1 heterocycles. The molecule has 0 bridgehead atoms. The first kappa shape index (κ1) is 15.3. The molecule has 1 aromatic rings. The fraction of sp³-hybridized carbons (Fsp3) is 0.333. The van der Waals surface area contributed by atoms with Gasteiger partial charge in [0.15, 0.2) is 0 Å². The van der Waals surface area contributed by atoms with Crippen LogP contribution in [0.5, 0.6) is 0 Å². The van der Waals surface area contributed by atoms with Gasteiger partial charge < -0.3 is 5.32 Å². The van der Waals surface area contributed by atoms with Crippen molar-refractivity contribution in [2.75, 3.05) is 7.05 Å². The SMILES string of the molecule is CNC(=O)C1=NC=C(c2cc(F)c(C)cc2C(F)F)CC1. The van der Waals surface area contributed by atoms with Gasteiger partial charge in [-0.25, -0.2) is 13.2 Å². The number of alkyl halides is 2. The quantitative estimate of drug-likeness (QED) is 0.912. The number of hydrogen-bond donors (Lipinski definition) is 1. The van der Waals surface area contributed by atoms with Gasteiger partial charge in [0.25, 0.3) is 12.3 Å². The predicted molar refractivity (Wildman–Crippen MR) is 74.8 cm³/mol. The summed E-state index contributed by atoms with van der Waals surface area (Å²) in [5.41, 5.74) is 0.982. The molecule has 0 fully saturated rings. The van der Waals surface area contributed by atoms with Crippen molar-refractivity contribution in [3.63, 3.8) is 0 Å². The number of allylic oxidation sites excluding steroid dienone is 1. The summed E-state index contributed by atoms with van der Waals surface area (Å²) in [6, 6.07) is 2.28. The highest BCUT2D eigenvalue weighted by Gasteiger charge is 2.21. The molecule has 3 nitrogen and oxygen atoms in total. The number of benzene rings is 1. The van der Waals surface area contributed by atoms with Crippen LogP contribution in [0.15, 0.2) is 23.3 Å². The van der Waals surface area contributed by atoms with E-state index in [1.807, 2.05) is 0 Å². The normalized spacial score (nSPS) is 14.8. The number of nitrogens with zero attached hydrogens (tertiary/aromatic N) is 1. The molecule has 1 aliphatic rings. The molecule has 2 rings (SSSR count). The van der Waals surface area contributed by atoms with Crippen LogP contribution in [0.2, 0.25) is 0 Å². The van der Waals surface area contributed by atoms with Crippen molar-refractivity contribution in [3.8, 4) is 0 Å². The number of rotatable bonds is 3. The third-order valence-corrected chi connectivity index (χ3v) is 3.41. The van der Waals surface area contributed by atoms with Crippen molar-refractivity contribution in [1.82, 2.24) is 5.32 Å². The largest absolute Gasteiger partial charge is 0.354 e. The molecule has 112 valence electrons. The zero-order chi connectivity index (χ0) is 15.6. The predicted octanol–water partition coefficient (Wildman–Crippen LogP) is 3.39. The summed E-state index contributed by atoms with van der Waals surface area (Å²) in [5.74, 6) is -0.828. The lowest BCUT2D eigenvalue weighted by Gasteiger charge is -2.17. The number of hydrogen-bond acceptors (Lipinski definition) is 2. The number of nitrogens with one attached hydrogen (secondary N) is 1. The molecule has 1 amide bonds. The number of carbonyl (C=O) groups is 1. The third-order valence-electron chi connectivity index (χ3n) is 3.41. The summed E-state index contributed by atoms with van der Waals surface area (Å²) >= 11 is 0. The van der Waals surface area contributed by atoms with Crippen molar-refractivity contribution in [2.45, 2.75) is 26.2 Å². The van der Waals surface area contributed by atoms with E-state index in [9.17, 15) is 18.0 Å². The molecular formula is C15H15F3N2O. The minimum absolute atomic E-state index is 0.160. The van der Waals surface area contributed by atoms with Gasteiger partial charge in [0.05, 0.1) is 0 Å². The Bertz CT molecular complexity index is 636. The first-order chi connectivity index (χ1) is 9.93. The van der Waals surface area contributed by atoms with E-state index in [-0.39, 0.29) is 22.6 Å².